The highest BCUT2D eigenvalue weighted by Crippen LogP contribution is 2.28. The number of carboxylic acid groups (broad SMARTS) is 1. The first-order valence-electron chi connectivity index (χ1n) is 6.12. The van der Waals surface area contributed by atoms with E-state index in [1.54, 1.807) is 12.1 Å². The summed E-state index contributed by atoms with van der Waals surface area (Å²) in [6, 6.07) is 4.93. The van der Waals surface area contributed by atoms with Gasteiger partial charge >= 0.3 is 5.97 Å². The minimum absolute atomic E-state index is 0.124. The molecule has 2 rings (SSSR count). The number of carbonyl (C=O) groups is 1. The second kappa shape index (κ2) is 5.73. The van der Waals surface area contributed by atoms with Crippen molar-refractivity contribution in [3.8, 4) is 0 Å². The van der Waals surface area contributed by atoms with E-state index in [4.69, 9.17) is 15.6 Å². The highest BCUT2D eigenvalue weighted by atomic mass is 16.5. The Kier molecular flexibility index (Phi) is 4.04. The summed E-state index contributed by atoms with van der Waals surface area (Å²) in [4.78, 5) is 10.9. The van der Waals surface area contributed by atoms with Crippen LogP contribution in [-0.4, -0.2) is 30.8 Å². The molecule has 1 aliphatic carbocycles. The normalized spacial score (nSPS) is 14.4. The highest BCUT2D eigenvalue weighted by Gasteiger charge is 2.20. The van der Waals surface area contributed by atoms with Crippen molar-refractivity contribution in [2.45, 2.75) is 12.8 Å². The Hall–Kier alpha value is -1.75. The summed E-state index contributed by atoms with van der Waals surface area (Å²) in [5.41, 5.74) is 6.81. The third-order valence-electron chi connectivity index (χ3n) is 2.95. The summed E-state index contributed by atoms with van der Waals surface area (Å²) in [5, 5.41) is 12.0. The Morgan fingerprint density at radius 3 is 2.94 bits per heavy atom. The minimum atomic E-state index is -1.01. The van der Waals surface area contributed by atoms with E-state index in [2.05, 4.69) is 5.32 Å². The van der Waals surface area contributed by atoms with E-state index >= 15 is 0 Å². The molecule has 1 aliphatic rings. The average molecular weight is 250 g/mol. The topological polar surface area (TPSA) is 84.6 Å². The number of rotatable bonds is 7. The molecule has 0 amide bonds. The molecule has 1 fully saturated rings. The van der Waals surface area contributed by atoms with Gasteiger partial charge in [0.1, 0.15) is 0 Å². The molecule has 5 nitrogen and oxygen atoms in total. The molecule has 0 atom stereocenters. The van der Waals surface area contributed by atoms with Crippen LogP contribution in [0.2, 0.25) is 0 Å². The maximum atomic E-state index is 10.9. The van der Waals surface area contributed by atoms with Crippen molar-refractivity contribution < 1.29 is 14.6 Å². The lowest BCUT2D eigenvalue weighted by atomic mass is 10.1. The largest absolute Gasteiger partial charge is 0.478 e. The van der Waals surface area contributed by atoms with Crippen molar-refractivity contribution in [1.82, 2.24) is 0 Å². The number of para-hydroxylation sites is 1. The fraction of sp³-hybridized carbons (Fsp3) is 0.462. The zero-order valence-electron chi connectivity index (χ0n) is 10.2. The lowest BCUT2D eigenvalue weighted by Crippen LogP contribution is -2.13. The number of hydrogen-bond donors (Lipinski definition) is 3. The van der Waals surface area contributed by atoms with Crippen molar-refractivity contribution in [2.24, 2.45) is 5.92 Å². The molecule has 0 spiro atoms. The van der Waals surface area contributed by atoms with Crippen molar-refractivity contribution in [1.29, 1.82) is 0 Å². The Bertz CT molecular complexity index is 430. The second-order valence-corrected chi connectivity index (χ2v) is 4.52. The molecule has 1 aromatic rings. The van der Waals surface area contributed by atoms with Crippen molar-refractivity contribution >= 4 is 17.3 Å². The average Bonchev–Trinajstić information content (AvgIpc) is 3.14. The molecule has 4 N–H and O–H groups in total. The molecule has 98 valence electrons. The highest BCUT2D eigenvalue weighted by molar-refractivity contribution is 5.97. The van der Waals surface area contributed by atoms with E-state index < -0.39 is 5.97 Å². The number of aromatic carboxylic acids is 1. The van der Waals surface area contributed by atoms with Gasteiger partial charge in [0.25, 0.3) is 0 Å². The van der Waals surface area contributed by atoms with Crippen LogP contribution in [-0.2, 0) is 4.74 Å². The van der Waals surface area contributed by atoms with Crippen LogP contribution in [0.15, 0.2) is 18.2 Å². The maximum Gasteiger partial charge on any atom is 0.337 e. The molecule has 0 aromatic heterocycles. The number of ether oxygens (including phenoxy) is 1. The first kappa shape index (κ1) is 12.7. The van der Waals surface area contributed by atoms with E-state index in [-0.39, 0.29) is 11.3 Å². The minimum Gasteiger partial charge on any atom is -0.478 e. The lowest BCUT2D eigenvalue weighted by molar-refractivity contribution is 0.0698. The van der Waals surface area contributed by atoms with E-state index in [1.165, 1.54) is 18.9 Å². The van der Waals surface area contributed by atoms with Gasteiger partial charge in [0, 0.05) is 13.2 Å². The fourth-order valence-corrected chi connectivity index (χ4v) is 1.70. The van der Waals surface area contributed by atoms with Crippen molar-refractivity contribution in [3.63, 3.8) is 0 Å². The molecule has 0 radical (unpaired) electrons. The van der Waals surface area contributed by atoms with E-state index in [9.17, 15) is 4.79 Å². The van der Waals surface area contributed by atoms with Gasteiger partial charge in [-0.3, -0.25) is 0 Å². The molecule has 0 bridgehead atoms. The maximum absolute atomic E-state index is 10.9. The van der Waals surface area contributed by atoms with Crippen molar-refractivity contribution in [2.75, 3.05) is 30.8 Å². The molecule has 0 unspecified atom stereocenters. The summed E-state index contributed by atoms with van der Waals surface area (Å²) in [5.74, 6) is -0.258. The van der Waals surface area contributed by atoms with E-state index in [0.29, 0.717) is 18.8 Å². The van der Waals surface area contributed by atoms with Gasteiger partial charge in [-0.05, 0) is 30.9 Å². The van der Waals surface area contributed by atoms with Gasteiger partial charge in [-0.1, -0.05) is 6.07 Å². The summed E-state index contributed by atoms with van der Waals surface area (Å²) in [6.45, 7) is 2.06. The van der Waals surface area contributed by atoms with Crippen molar-refractivity contribution in [3.05, 3.63) is 23.8 Å². The Morgan fingerprint density at radius 1 is 1.50 bits per heavy atom. The molecular formula is C13H18N2O3. The zero-order chi connectivity index (χ0) is 13.0. The quantitative estimate of drug-likeness (QED) is 0.507. The monoisotopic (exact) mass is 250 g/mol. The van der Waals surface area contributed by atoms with Crippen LogP contribution >= 0.6 is 0 Å². The Balaban J connectivity index is 1.80. The van der Waals surface area contributed by atoms with Gasteiger partial charge in [0.15, 0.2) is 0 Å². The van der Waals surface area contributed by atoms with Crippen LogP contribution in [0.1, 0.15) is 23.2 Å². The molecule has 0 saturated heterocycles. The number of anilines is 2. The van der Waals surface area contributed by atoms with Crippen LogP contribution in [0, 0.1) is 5.92 Å². The molecule has 0 aliphatic heterocycles. The smallest absolute Gasteiger partial charge is 0.337 e. The first-order chi connectivity index (χ1) is 8.68. The molecule has 1 aromatic carbocycles. The summed E-state index contributed by atoms with van der Waals surface area (Å²) >= 11 is 0. The summed E-state index contributed by atoms with van der Waals surface area (Å²) in [6.07, 6.45) is 2.56. The summed E-state index contributed by atoms with van der Waals surface area (Å²) < 4.78 is 5.48. The van der Waals surface area contributed by atoms with Crippen LogP contribution in [0.25, 0.3) is 0 Å². The van der Waals surface area contributed by atoms with E-state index in [1.807, 2.05) is 0 Å². The predicted molar refractivity (Wildman–Crippen MR) is 69.8 cm³/mol. The Morgan fingerprint density at radius 2 is 2.28 bits per heavy atom. The third kappa shape index (κ3) is 3.37. The number of benzene rings is 1. The van der Waals surface area contributed by atoms with Gasteiger partial charge in [-0.15, -0.1) is 0 Å². The van der Waals surface area contributed by atoms with Gasteiger partial charge in [0.2, 0.25) is 0 Å². The fourth-order valence-electron chi connectivity index (χ4n) is 1.70. The zero-order valence-corrected chi connectivity index (χ0v) is 10.2. The van der Waals surface area contributed by atoms with Gasteiger partial charge in [-0.2, -0.15) is 0 Å². The number of carboxylic acids is 1. The summed E-state index contributed by atoms with van der Waals surface area (Å²) in [7, 11) is 0. The van der Waals surface area contributed by atoms with E-state index in [0.717, 1.165) is 12.5 Å². The predicted octanol–water partition coefficient (Wildman–Crippen LogP) is 1.81. The number of nitrogens with one attached hydrogen (secondary N) is 1. The molecule has 5 heteroatoms. The first-order valence-corrected chi connectivity index (χ1v) is 6.12. The number of nitrogens with two attached hydrogens (primary N) is 1. The van der Waals surface area contributed by atoms with Crippen LogP contribution in [0.3, 0.4) is 0 Å². The standard InChI is InChI=1S/C13H18N2O3/c14-12-10(13(16)17)2-1-3-11(12)15-6-7-18-8-9-4-5-9/h1-3,9,15H,4-8,14H2,(H,16,17). The number of hydrogen-bond acceptors (Lipinski definition) is 4. The number of nitrogen functional groups attached to an aromatic ring is 1. The van der Waals surface area contributed by atoms with Gasteiger partial charge < -0.3 is 20.9 Å². The second-order valence-electron chi connectivity index (χ2n) is 4.52. The molecular weight excluding hydrogens is 232 g/mol. The van der Waals surface area contributed by atoms with Crippen LogP contribution in [0.5, 0.6) is 0 Å². The van der Waals surface area contributed by atoms with Crippen LogP contribution in [0.4, 0.5) is 11.4 Å². The molecule has 0 heterocycles. The third-order valence-corrected chi connectivity index (χ3v) is 2.95. The molecule has 1 saturated carbocycles. The van der Waals surface area contributed by atoms with Crippen LogP contribution < -0.4 is 11.1 Å². The molecule has 18 heavy (non-hydrogen) atoms. The SMILES string of the molecule is Nc1c(NCCOCC2CC2)cccc1C(=O)O. The lowest BCUT2D eigenvalue weighted by Gasteiger charge is -2.11. The Labute approximate surface area is 106 Å². The van der Waals surface area contributed by atoms with Gasteiger partial charge in [0.05, 0.1) is 23.5 Å². The van der Waals surface area contributed by atoms with Gasteiger partial charge in [-0.25, -0.2) is 4.79 Å².